The van der Waals surface area contributed by atoms with E-state index in [2.05, 4.69) is 5.32 Å². The van der Waals surface area contributed by atoms with Gasteiger partial charge >= 0.3 is 0 Å². The molecular formula is C24H29FN4O4. The first kappa shape index (κ1) is 24.2. The molecule has 2 aromatic rings. The average Bonchev–Trinajstić information content (AvgIpc) is 2.81. The van der Waals surface area contributed by atoms with Crippen LogP contribution in [0.1, 0.15) is 42.6 Å². The van der Waals surface area contributed by atoms with E-state index in [1.54, 1.807) is 30.0 Å². The number of rotatable bonds is 8. The molecule has 1 fully saturated rings. The summed E-state index contributed by atoms with van der Waals surface area (Å²) in [5, 5.41) is 14.5. The molecular weight excluding hydrogens is 427 g/mol. The van der Waals surface area contributed by atoms with Crippen LogP contribution in [0.25, 0.3) is 0 Å². The summed E-state index contributed by atoms with van der Waals surface area (Å²) in [5.41, 5.74) is 1.73. The molecule has 1 amide bonds. The van der Waals surface area contributed by atoms with Crippen LogP contribution in [0.15, 0.2) is 36.4 Å². The zero-order valence-corrected chi connectivity index (χ0v) is 19.1. The van der Waals surface area contributed by atoms with Gasteiger partial charge in [0.2, 0.25) is 0 Å². The number of nitrogens with one attached hydrogen (secondary N) is 1. The van der Waals surface area contributed by atoms with Crippen molar-refractivity contribution in [3.05, 3.63) is 63.5 Å². The standard InChI is InChI=1S/C24H29FN4O4/c1-16(2)14-26-22-6-5-19(29(32)33)13-20(22)24(31)28-10-8-27(9-11-28)23-7-4-18(12-21(23)25)17(3)15-30/h4-7,12-13,15-17,26H,8-11,14H2,1-3H3. The quantitative estimate of drug-likeness (QED) is 0.366. The lowest BCUT2D eigenvalue weighted by Gasteiger charge is -2.36. The molecule has 1 aliphatic rings. The monoisotopic (exact) mass is 456 g/mol. The fourth-order valence-electron chi connectivity index (χ4n) is 3.75. The van der Waals surface area contributed by atoms with Gasteiger partial charge in [0.25, 0.3) is 11.6 Å². The summed E-state index contributed by atoms with van der Waals surface area (Å²) in [7, 11) is 0. The van der Waals surface area contributed by atoms with E-state index in [4.69, 9.17) is 0 Å². The Balaban J connectivity index is 1.74. The fraction of sp³-hybridized carbons (Fsp3) is 0.417. The molecule has 33 heavy (non-hydrogen) atoms. The summed E-state index contributed by atoms with van der Waals surface area (Å²) in [5.74, 6) is -0.737. The molecule has 1 saturated heterocycles. The number of amides is 1. The van der Waals surface area contributed by atoms with Crippen LogP contribution in [0.4, 0.5) is 21.5 Å². The summed E-state index contributed by atoms with van der Waals surface area (Å²) < 4.78 is 14.7. The number of nitro groups is 1. The number of carbonyl (C=O) groups is 2. The lowest BCUT2D eigenvalue weighted by atomic mass is 10.0. The lowest BCUT2D eigenvalue weighted by Crippen LogP contribution is -2.49. The smallest absolute Gasteiger partial charge is 0.270 e. The highest BCUT2D eigenvalue weighted by molar-refractivity contribution is 6.00. The molecule has 1 heterocycles. The molecule has 2 aromatic carbocycles. The number of hydrogen-bond donors (Lipinski definition) is 1. The molecule has 8 nitrogen and oxygen atoms in total. The van der Waals surface area contributed by atoms with E-state index in [1.165, 1.54) is 18.2 Å². The Hall–Kier alpha value is -3.49. The molecule has 1 aliphatic heterocycles. The molecule has 0 spiro atoms. The van der Waals surface area contributed by atoms with Crippen molar-refractivity contribution in [3.8, 4) is 0 Å². The van der Waals surface area contributed by atoms with E-state index in [9.17, 15) is 24.1 Å². The second kappa shape index (κ2) is 10.4. The highest BCUT2D eigenvalue weighted by Crippen LogP contribution is 2.27. The van der Waals surface area contributed by atoms with Crippen LogP contribution in [-0.2, 0) is 4.79 Å². The van der Waals surface area contributed by atoms with Crippen molar-refractivity contribution in [2.45, 2.75) is 26.7 Å². The van der Waals surface area contributed by atoms with Gasteiger partial charge in [-0.1, -0.05) is 26.8 Å². The summed E-state index contributed by atoms with van der Waals surface area (Å²) >= 11 is 0. The summed E-state index contributed by atoms with van der Waals surface area (Å²) in [6.07, 6.45) is 0.775. The number of carbonyl (C=O) groups excluding carboxylic acids is 2. The minimum absolute atomic E-state index is 0.140. The summed E-state index contributed by atoms with van der Waals surface area (Å²) in [4.78, 5) is 38.4. The zero-order chi connectivity index (χ0) is 24.1. The normalized spacial score (nSPS) is 14.8. The fourth-order valence-corrected chi connectivity index (χ4v) is 3.75. The number of halogens is 1. The number of nitro benzene ring substituents is 1. The highest BCUT2D eigenvalue weighted by atomic mass is 19.1. The Morgan fingerprint density at radius 1 is 1.15 bits per heavy atom. The van der Waals surface area contributed by atoms with Gasteiger partial charge in [0.1, 0.15) is 12.1 Å². The molecule has 0 bridgehead atoms. The van der Waals surface area contributed by atoms with Crippen molar-refractivity contribution in [1.82, 2.24) is 4.90 Å². The Morgan fingerprint density at radius 2 is 1.85 bits per heavy atom. The van der Waals surface area contributed by atoms with Gasteiger partial charge in [-0.15, -0.1) is 0 Å². The number of benzene rings is 2. The highest BCUT2D eigenvalue weighted by Gasteiger charge is 2.27. The van der Waals surface area contributed by atoms with Crippen molar-refractivity contribution >= 4 is 29.3 Å². The molecule has 1 unspecified atom stereocenters. The molecule has 0 saturated carbocycles. The van der Waals surface area contributed by atoms with Gasteiger partial charge in [-0.25, -0.2) is 4.39 Å². The number of anilines is 2. The maximum Gasteiger partial charge on any atom is 0.270 e. The largest absolute Gasteiger partial charge is 0.384 e. The van der Waals surface area contributed by atoms with E-state index in [1.807, 2.05) is 18.7 Å². The van der Waals surface area contributed by atoms with Crippen molar-refractivity contribution in [2.75, 3.05) is 42.9 Å². The molecule has 0 radical (unpaired) electrons. The van der Waals surface area contributed by atoms with Crippen molar-refractivity contribution in [3.63, 3.8) is 0 Å². The average molecular weight is 457 g/mol. The Morgan fingerprint density at radius 3 is 2.42 bits per heavy atom. The van der Waals surface area contributed by atoms with E-state index in [0.29, 0.717) is 55.6 Å². The SMILES string of the molecule is CC(C)CNc1ccc([N+](=O)[O-])cc1C(=O)N1CCN(c2ccc(C(C)C=O)cc2F)CC1. The third kappa shape index (κ3) is 5.66. The third-order valence-electron chi connectivity index (χ3n) is 5.75. The molecule has 1 N–H and O–H groups in total. The second-order valence-corrected chi connectivity index (χ2v) is 8.68. The van der Waals surface area contributed by atoms with Gasteiger partial charge in [-0.3, -0.25) is 14.9 Å². The molecule has 3 rings (SSSR count). The topological polar surface area (TPSA) is 95.8 Å². The van der Waals surface area contributed by atoms with Gasteiger partial charge in [-0.2, -0.15) is 0 Å². The first-order valence-electron chi connectivity index (χ1n) is 11.0. The van der Waals surface area contributed by atoms with Gasteiger partial charge in [0, 0.05) is 56.5 Å². The van der Waals surface area contributed by atoms with Crippen molar-refractivity contribution in [1.29, 1.82) is 0 Å². The van der Waals surface area contributed by atoms with E-state index >= 15 is 0 Å². The van der Waals surface area contributed by atoms with Crippen LogP contribution in [0.2, 0.25) is 0 Å². The predicted octanol–water partition coefficient (Wildman–Crippen LogP) is 4.07. The maximum atomic E-state index is 14.7. The minimum atomic E-state index is -0.515. The lowest BCUT2D eigenvalue weighted by molar-refractivity contribution is -0.384. The second-order valence-electron chi connectivity index (χ2n) is 8.68. The Labute approximate surface area is 192 Å². The number of non-ortho nitro benzene ring substituents is 1. The van der Waals surface area contributed by atoms with Crippen molar-refractivity contribution in [2.24, 2.45) is 5.92 Å². The van der Waals surface area contributed by atoms with Gasteiger partial charge < -0.3 is 19.9 Å². The van der Waals surface area contributed by atoms with Crippen LogP contribution in [0, 0.1) is 21.8 Å². The van der Waals surface area contributed by atoms with E-state index in [0.717, 1.165) is 6.29 Å². The first-order chi connectivity index (χ1) is 15.7. The van der Waals surface area contributed by atoms with Crippen molar-refractivity contribution < 1.29 is 18.9 Å². The molecule has 1 atom stereocenters. The predicted molar refractivity (Wildman–Crippen MR) is 125 cm³/mol. The molecule has 9 heteroatoms. The minimum Gasteiger partial charge on any atom is -0.384 e. The van der Waals surface area contributed by atoms with Crippen LogP contribution < -0.4 is 10.2 Å². The number of hydrogen-bond acceptors (Lipinski definition) is 6. The van der Waals surface area contributed by atoms with E-state index < -0.39 is 10.7 Å². The molecule has 0 aromatic heterocycles. The van der Waals surface area contributed by atoms with Crippen LogP contribution in [0.5, 0.6) is 0 Å². The zero-order valence-electron chi connectivity index (χ0n) is 19.1. The maximum absolute atomic E-state index is 14.7. The first-order valence-corrected chi connectivity index (χ1v) is 11.0. The number of piperazine rings is 1. The van der Waals surface area contributed by atoms with E-state index in [-0.39, 0.29) is 23.1 Å². The molecule has 0 aliphatic carbocycles. The van der Waals surface area contributed by atoms with Gasteiger partial charge in [-0.05, 0) is 29.7 Å². The van der Waals surface area contributed by atoms with Crippen LogP contribution in [-0.4, -0.2) is 54.7 Å². The Kier molecular flexibility index (Phi) is 7.63. The summed E-state index contributed by atoms with van der Waals surface area (Å²) in [6, 6.07) is 9.05. The summed E-state index contributed by atoms with van der Waals surface area (Å²) in [6.45, 7) is 7.97. The van der Waals surface area contributed by atoms with Crippen LogP contribution in [0.3, 0.4) is 0 Å². The number of nitrogens with zero attached hydrogens (tertiary/aromatic N) is 3. The third-order valence-corrected chi connectivity index (χ3v) is 5.75. The molecule has 176 valence electrons. The van der Waals surface area contributed by atoms with Crippen LogP contribution >= 0.6 is 0 Å². The van der Waals surface area contributed by atoms with Gasteiger partial charge in [0.15, 0.2) is 0 Å². The number of aldehydes is 1. The Bertz CT molecular complexity index is 1040. The van der Waals surface area contributed by atoms with Gasteiger partial charge in [0.05, 0.1) is 16.2 Å².